The van der Waals surface area contributed by atoms with Crippen molar-refractivity contribution in [3.05, 3.63) is 11.9 Å². The van der Waals surface area contributed by atoms with E-state index in [0.29, 0.717) is 5.92 Å². The molecule has 0 aliphatic heterocycles. The molecule has 5 nitrogen and oxygen atoms in total. The highest BCUT2D eigenvalue weighted by molar-refractivity contribution is 5.58. The maximum atomic E-state index is 8.81. The van der Waals surface area contributed by atoms with Gasteiger partial charge in [-0.15, -0.1) is 0 Å². The Morgan fingerprint density at radius 1 is 1.17 bits per heavy atom. The zero-order chi connectivity index (χ0) is 13.4. The number of hydrogen-bond donors (Lipinski definition) is 3. The van der Waals surface area contributed by atoms with Gasteiger partial charge in [0.1, 0.15) is 18.0 Å². The topological polar surface area (TPSA) is 70.1 Å². The van der Waals surface area contributed by atoms with Gasteiger partial charge in [0, 0.05) is 25.3 Å². The van der Waals surface area contributed by atoms with Crippen LogP contribution in [0.3, 0.4) is 0 Å². The van der Waals surface area contributed by atoms with Crippen molar-refractivity contribution in [3.63, 3.8) is 0 Å². The van der Waals surface area contributed by atoms with E-state index in [-0.39, 0.29) is 6.61 Å². The zero-order valence-electron chi connectivity index (χ0n) is 11.5. The van der Waals surface area contributed by atoms with Crippen LogP contribution in [0.5, 0.6) is 0 Å². The van der Waals surface area contributed by atoms with Crippen LogP contribution >= 0.6 is 0 Å². The lowest BCUT2D eigenvalue weighted by Crippen LogP contribution is -2.13. The van der Waals surface area contributed by atoms with Crippen molar-refractivity contribution < 1.29 is 5.11 Å². The molecule has 0 spiro atoms. The molecule has 0 amide bonds. The number of hydrogen-bond acceptors (Lipinski definition) is 5. The van der Waals surface area contributed by atoms with Crippen LogP contribution in [0.1, 0.15) is 45.1 Å². The quantitative estimate of drug-likeness (QED) is 0.619. The Kier molecular flexibility index (Phi) is 6.43. The Morgan fingerprint density at radius 3 is 2.28 bits per heavy atom. The number of anilines is 2. The molecule has 0 fully saturated rings. The van der Waals surface area contributed by atoms with Crippen LogP contribution in [0.2, 0.25) is 0 Å². The van der Waals surface area contributed by atoms with Crippen LogP contribution in [0, 0.1) is 0 Å². The molecule has 0 bridgehead atoms. The number of aliphatic hydroxyl groups excluding tert-OH is 1. The molecular weight excluding hydrogens is 228 g/mol. The van der Waals surface area contributed by atoms with E-state index in [0.717, 1.165) is 43.1 Å². The molecule has 0 aromatic carbocycles. The molecule has 5 heteroatoms. The average molecular weight is 252 g/mol. The van der Waals surface area contributed by atoms with E-state index in [4.69, 9.17) is 5.11 Å². The number of nitrogens with one attached hydrogen (secondary N) is 2. The van der Waals surface area contributed by atoms with Crippen molar-refractivity contribution in [3.8, 4) is 0 Å². The van der Waals surface area contributed by atoms with Crippen LogP contribution in [-0.4, -0.2) is 34.8 Å². The normalized spacial score (nSPS) is 10.7. The Morgan fingerprint density at radius 2 is 1.78 bits per heavy atom. The second-order valence-electron chi connectivity index (χ2n) is 4.57. The Bertz CT molecular complexity index is 355. The SMILES string of the molecule is CCCNc1ncnc(NCCCO)c1C(C)C. The molecule has 3 N–H and O–H groups in total. The molecule has 18 heavy (non-hydrogen) atoms. The first-order valence-corrected chi connectivity index (χ1v) is 6.64. The highest BCUT2D eigenvalue weighted by atomic mass is 16.3. The Labute approximate surface area is 109 Å². The van der Waals surface area contributed by atoms with Gasteiger partial charge in [0.25, 0.3) is 0 Å². The highest BCUT2D eigenvalue weighted by Crippen LogP contribution is 2.28. The van der Waals surface area contributed by atoms with Crippen molar-refractivity contribution >= 4 is 11.6 Å². The molecule has 0 atom stereocenters. The van der Waals surface area contributed by atoms with E-state index in [2.05, 4.69) is 41.4 Å². The highest BCUT2D eigenvalue weighted by Gasteiger charge is 2.14. The predicted octanol–water partition coefficient (Wildman–Crippen LogP) is 2.22. The fourth-order valence-electron chi connectivity index (χ4n) is 1.75. The molecule has 1 heterocycles. The third-order valence-electron chi connectivity index (χ3n) is 2.63. The summed E-state index contributed by atoms with van der Waals surface area (Å²) in [5.41, 5.74) is 1.11. The second-order valence-corrected chi connectivity index (χ2v) is 4.57. The summed E-state index contributed by atoms with van der Waals surface area (Å²) in [4.78, 5) is 8.61. The second kappa shape index (κ2) is 7.87. The van der Waals surface area contributed by atoms with Gasteiger partial charge in [-0.05, 0) is 18.8 Å². The predicted molar refractivity (Wildman–Crippen MR) is 75.1 cm³/mol. The van der Waals surface area contributed by atoms with Crippen LogP contribution in [0.25, 0.3) is 0 Å². The molecule has 0 aliphatic carbocycles. The molecule has 0 unspecified atom stereocenters. The molecule has 102 valence electrons. The smallest absolute Gasteiger partial charge is 0.134 e. The number of rotatable bonds is 8. The van der Waals surface area contributed by atoms with E-state index in [1.54, 1.807) is 6.33 Å². The van der Waals surface area contributed by atoms with Gasteiger partial charge in [-0.2, -0.15) is 0 Å². The van der Waals surface area contributed by atoms with E-state index >= 15 is 0 Å². The summed E-state index contributed by atoms with van der Waals surface area (Å²) in [5, 5.41) is 15.4. The molecule has 1 aromatic heterocycles. The van der Waals surface area contributed by atoms with Crippen molar-refractivity contribution in [2.24, 2.45) is 0 Å². The van der Waals surface area contributed by atoms with Crippen molar-refractivity contribution in [2.45, 2.75) is 39.5 Å². The van der Waals surface area contributed by atoms with Gasteiger partial charge >= 0.3 is 0 Å². The summed E-state index contributed by atoms with van der Waals surface area (Å²) in [7, 11) is 0. The largest absolute Gasteiger partial charge is 0.396 e. The Hall–Kier alpha value is -1.36. The van der Waals surface area contributed by atoms with Crippen molar-refractivity contribution in [1.29, 1.82) is 0 Å². The molecule has 0 aliphatic rings. The average Bonchev–Trinajstić information content (AvgIpc) is 2.36. The molecule has 0 saturated heterocycles. The maximum Gasteiger partial charge on any atom is 0.134 e. The third kappa shape index (κ3) is 4.14. The summed E-state index contributed by atoms with van der Waals surface area (Å²) in [6.07, 6.45) is 3.36. The lowest BCUT2D eigenvalue weighted by atomic mass is 10.0. The summed E-state index contributed by atoms with van der Waals surface area (Å²) < 4.78 is 0. The van der Waals surface area contributed by atoms with Gasteiger partial charge in [-0.1, -0.05) is 20.8 Å². The van der Waals surface area contributed by atoms with Gasteiger partial charge < -0.3 is 15.7 Å². The van der Waals surface area contributed by atoms with E-state index in [1.807, 2.05) is 0 Å². The van der Waals surface area contributed by atoms with E-state index in [9.17, 15) is 0 Å². The first kappa shape index (κ1) is 14.7. The summed E-state index contributed by atoms with van der Waals surface area (Å²) in [6, 6.07) is 0. The Balaban J connectivity index is 2.87. The number of aliphatic hydroxyl groups is 1. The van der Waals surface area contributed by atoms with E-state index < -0.39 is 0 Å². The standard InChI is InChI=1S/C13H24N4O/c1-4-6-14-12-11(10(2)3)13(17-9-16-12)15-7-5-8-18/h9-10,18H,4-8H2,1-3H3,(H2,14,15,16,17). The minimum atomic E-state index is 0.191. The van der Waals surface area contributed by atoms with Crippen LogP contribution in [0.4, 0.5) is 11.6 Å². The molecular formula is C13H24N4O. The first-order valence-electron chi connectivity index (χ1n) is 6.64. The van der Waals surface area contributed by atoms with Gasteiger partial charge in [0.15, 0.2) is 0 Å². The monoisotopic (exact) mass is 252 g/mol. The third-order valence-corrected chi connectivity index (χ3v) is 2.63. The molecule has 0 radical (unpaired) electrons. The van der Waals surface area contributed by atoms with Gasteiger partial charge in [0.05, 0.1) is 0 Å². The zero-order valence-corrected chi connectivity index (χ0v) is 11.5. The first-order chi connectivity index (χ1) is 8.70. The lowest BCUT2D eigenvalue weighted by molar-refractivity contribution is 0.292. The molecule has 1 aromatic rings. The van der Waals surface area contributed by atoms with Gasteiger partial charge in [-0.3, -0.25) is 0 Å². The number of aromatic nitrogens is 2. The van der Waals surface area contributed by atoms with E-state index in [1.165, 1.54) is 0 Å². The summed E-state index contributed by atoms with van der Waals surface area (Å²) in [5.74, 6) is 2.13. The fraction of sp³-hybridized carbons (Fsp3) is 0.692. The molecule has 1 rings (SSSR count). The maximum absolute atomic E-state index is 8.81. The minimum Gasteiger partial charge on any atom is -0.396 e. The summed E-state index contributed by atoms with van der Waals surface area (Å²) >= 11 is 0. The van der Waals surface area contributed by atoms with Crippen LogP contribution in [-0.2, 0) is 0 Å². The number of nitrogens with zero attached hydrogens (tertiary/aromatic N) is 2. The van der Waals surface area contributed by atoms with Crippen molar-refractivity contribution in [2.75, 3.05) is 30.3 Å². The van der Waals surface area contributed by atoms with Gasteiger partial charge in [-0.25, -0.2) is 9.97 Å². The van der Waals surface area contributed by atoms with Crippen LogP contribution < -0.4 is 10.6 Å². The van der Waals surface area contributed by atoms with Crippen LogP contribution in [0.15, 0.2) is 6.33 Å². The summed E-state index contributed by atoms with van der Waals surface area (Å²) in [6.45, 7) is 8.22. The molecule has 0 saturated carbocycles. The lowest BCUT2D eigenvalue weighted by Gasteiger charge is -2.17. The van der Waals surface area contributed by atoms with Gasteiger partial charge in [0.2, 0.25) is 0 Å². The van der Waals surface area contributed by atoms with Crippen molar-refractivity contribution in [1.82, 2.24) is 9.97 Å². The fourth-order valence-corrected chi connectivity index (χ4v) is 1.75. The minimum absolute atomic E-state index is 0.191.